The molecular weight excluding hydrogens is 747 g/mol. The molecule has 62 heavy (non-hydrogen) atoms. The van der Waals surface area contributed by atoms with Gasteiger partial charge in [0.15, 0.2) is 0 Å². The first-order valence-corrected chi connectivity index (χ1v) is 22.6. The summed E-state index contributed by atoms with van der Waals surface area (Å²) in [5.41, 5.74) is 18.2. The van der Waals surface area contributed by atoms with Crippen LogP contribution in [0, 0.1) is 23.2 Å². The molecule has 13 rings (SSSR count). The summed E-state index contributed by atoms with van der Waals surface area (Å²) in [6.45, 7) is 0. The molecule has 0 amide bonds. The van der Waals surface area contributed by atoms with Gasteiger partial charge in [0.25, 0.3) is 0 Å². The van der Waals surface area contributed by atoms with Crippen molar-refractivity contribution in [2.45, 2.75) is 31.1 Å². The van der Waals surface area contributed by atoms with E-state index in [0.29, 0.717) is 10.8 Å². The maximum absolute atomic E-state index is 2.56. The van der Waals surface area contributed by atoms with Crippen LogP contribution in [0.5, 0.6) is 0 Å². The van der Waals surface area contributed by atoms with E-state index in [1.807, 2.05) is 0 Å². The maximum atomic E-state index is 2.56. The van der Waals surface area contributed by atoms with Crippen molar-refractivity contribution in [1.29, 1.82) is 0 Å². The number of anilines is 3. The largest absolute Gasteiger partial charge is 0.309 e. The van der Waals surface area contributed by atoms with E-state index in [-0.39, 0.29) is 0 Å². The van der Waals surface area contributed by atoms with E-state index in [2.05, 4.69) is 223 Å². The second kappa shape index (κ2) is 13.8. The van der Waals surface area contributed by atoms with Gasteiger partial charge in [-0.2, -0.15) is 0 Å². The van der Waals surface area contributed by atoms with E-state index in [4.69, 9.17) is 0 Å². The smallest absolute Gasteiger partial charge is 0.0540 e. The van der Waals surface area contributed by atoms with Crippen LogP contribution in [-0.4, -0.2) is 0 Å². The highest BCUT2D eigenvalue weighted by molar-refractivity contribution is 6.05. The van der Waals surface area contributed by atoms with Gasteiger partial charge in [0.05, 0.1) is 17.1 Å². The monoisotopic (exact) mass is 793 g/mol. The van der Waals surface area contributed by atoms with E-state index in [0.717, 1.165) is 29.1 Å². The fourth-order valence-electron chi connectivity index (χ4n) is 13.4. The van der Waals surface area contributed by atoms with E-state index in [1.165, 1.54) is 97.8 Å². The van der Waals surface area contributed by atoms with Gasteiger partial charge in [-0.05, 0) is 122 Å². The van der Waals surface area contributed by atoms with Crippen molar-refractivity contribution < 1.29 is 0 Å². The predicted octanol–water partition coefficient (Wildman–Crippen LogP) is 16.3. The zero-order valence-corrected chi connectivity index (χ0v) is 34.8. The molecule has 296 valence electrons. The molecule has 1 heteroatoms. The SMILES string of the molecule is c1ccc(-c2ccc(-c3ccccc3N(c3ccccc3-c3ccc(-c4ccccc4)cc3)c3ccccc3-c3cccc4cccc(C56CC7CC8CC(C5)C876)c34)cc2)cc1. The summed E-state index contributed by atoms with van der Waals surface area (Å²) in [6, 6.07) is 81.0. The average molecular weight is 794 g/mol. The van der Waals surface area contributed by atoms with Crippen LogP contribution in [-0.2, 0) is 5.41 Å². The molecule has 4 aliphatic carbocycles. The highest BCUT2D eigenvalue weighted by Crippen LogP contribution is 2.93. The Hall–Kier alpha value is -6.96. The minimum absolute atomic E-state index is 0.338. The first-order valence-electron chi connectivity index (χ1n) is 22.6. The Morgan fingerprint density at radius 3 is 1.23 bits per heavy atom. The molecule has 1 nitrogen and oxygen atoms in total. The molecule has 4 fully saturated rings. The van der Waals surface area contributed by atoms with Gasteiger partial charge in [-0.25, -0.2) is 0 Å². The first kappa shape index (κ1) is 35.8. The topological polar surface area (TPSA) is 3.24 Å². The standard InChI is InChI=1S/C61H47N/c1-3-15-41(16-4-1)43-29-33-45(34-30-43)51-21-7-10-26-56(51)62(57-27-11-8-22-52(57)46-35-31-44(32-36-46)42-17-5-2-6-18-42)58-28-12-9-23-53(58)54-24-13-19-47-20-14-25-55(59(47)54)60-39-49-37-48-38-50(40-60)61(48,49)60/h1-36,48-50H,37-40H2. The Labute approximate surface area is 365 Å². The predicted molar refractivity (Wildman–Crippen MR) is 259 cm³/mol. The molecule has 9 aromatic carbocycles. The van der Waals surface area contributed by atoms with Crippen molar-refractivity contribution in [2.24, 2.45) is 23.2 Å². The summed E-state index contributed by atoms with van der Waals surface area (Å²) in [4.78, 5) is 2.56. The molecule has 0 aromatic heterocycles. The molecule has 2 atom stereocenters. The lowest BCUT2D eigenvalue weighted by Gasteiger charge is -2.91. The van der Waals surface area contributed by atoms with Gasteiger partial charge in [-0.15, -0.1) is 0 Å². The van der Waals surface area contributed by atoms with Crippen LogP contribution in [0.15, 0.2) is 218 Å². The van der Waals surface area contributed by atoms with Crippen LogP contribution in [0.4, 0.5) is 17.1 Å². The van der Waals surface area contributed by atoms with Crippen molar-refractivity contribution in [1.82, 2.24) is 0 Å². The molecule has 9 aromatic rings. The third-order valence-electron chi connectivity index (χ3n) is 15.9. The van der Waals surface area contributed by atoms with Gasteiger partial charge in [-0.3, -0.25) is 0 Å². The second-order valence-corrected chi connectivity index (χ2v) is 18.5. The molecule has 0 saturated heterocycles. The second-order valence-electron chi connectivity index (χ2n) is 18.5. The zero-order valence-electron chi connectivity index (χ0n) is 34.8. The van der Waals surface area contributed by atoms with Crippen molar-refractivity contribution in [3.8, 4) is 55.6 Å². The van der Waals surface area contributed by atoms with E-state index in [9.17, 15) is 0 Å². The molecule has 0 N–H and O–H groups in total. The Morgan fingerprint density at radius 1 is 0.323 bits per heavy atom. The fraction of sp³-hybridized carbons (Fsp3) is 0.148. The molecular formula is C61H47N. The Bertz CT molecular complexity index is 2990. The lowest BCUT2D eigenvalue weighted by Crippen LogP contribution is -2.87. The van der Waals surface area contributed by atoms with Gasteiger partial charge in [-0.1, -0.05) is 200 Å². The Balaban J connectivity index is 1.01. The van der Waals surface area contributed by atoms with Crippen LogP contribution in [0.25, 0.3) is 66.4 Å². The van der Waals surface area contributed by atoms with Gasteiger partial charge in [0, 0.05) is 22.1 Å². The van der Waals surface area contributed by atoms with Crippen LogP contribution >= 0.6 is 0 Å². The normalized spacial score (nSPS) is 22.5. The summed E-state index contributed by atoms with van der Waals surface area (Å²) >= 11 is 0. The number of nitrogens with zero attached hydrogens (tertiary/aromatic N) is 1. The number of benzene rings is 9. The van der Waals surface area contributed by atoms with E-state index in [1.54, 1.807) is 5.56 Å². The first-order chi connectivity index (χ1) is 30.7. The number of para-hydroxylation sites is 3. The van der Waals surface area contributed by atoms with Crippen LogP contribution < -0.4 is 4.90 Å². The van der Waals surface area contributed by atoms with E-state index < -0.39 is 0 Å². The Morgan fingerprint density at radius 2 is 0.726 bits per heavy atom. The van der Waals surface area contributed by atoms with Crippen LogP contribution in [0.3, 0.4) is 0 Å². The number of rotatable bonds is 9. The highest BCUT2D eigenvalue weighted by Gasteiger charge is 2.87. The van der Waals surface area contributed by atoms with Crippen LogP contribution in [0.2, 0.25) is 0 Å². The quantitative estimate of drug-likeness (QED) is 0.141. The summed E-state index contributed by atoms with van der Waals surface area (Å²) in [7, 11) is 0. The molecule has 0 radical (unpaired) electrons. The Kier molecular flexibility index (Phi) is 7.95. The summed E-state index contributed by atoms with van der Waals surface area (Å²) in [6.07, 6.45) is 5.68. The highest BCUT2D eigenvalue weighted by atomic mass is 15.1. The maximum Gasteiger partial charge on any atom is 0.0540 e. The number of hydrogen-bond donors (Lipinski definition) is 0. The van der Waals surface area contributed by atoms with E-state index >= 15 is 0 Å². The summed E-state index contributed by atoms with van der Waals surface area (Å²) < 4.78 is 0. The average Bonchev–Trinajstić information content (AvgIpc) is 3.32. The fourth-order valence-corrected chi connectivity index (χ4v) is 13.4. The molecule has 0 bridgehead atoms. The van der Waals surface area contributed by atoms with Gasteiger partial charge < -0.3 is 4.90 Å². The van der Waals surface area contributed by atoms with Gasteiger partial charge in [0.1, 0.15) is 0 Å². The minimum Gasteiger partial charge on any atom is -0.309 e. The van der Waals surface area contributed by atoms with Crippen LogP contribution in [0.1, 0.15) is 31.2 Å². The summed E-state index contributed by atoms with van der Waals surface area (Å²) in [5, 5.41) is 2.81. The number of hydrogen-bond acceptors (Lipinski definition) is 1. The molecule has 0 aliphatic heterocycles. The lowest BCUT2D eigenvalue weighted by atomic mass is 9.12. The molecule has 4 saturated carbocycles. The molecule has 2 unspecified atom stereocenters. The van der Waals surface area contributed by atoms with Crippen molar-refractivity contribution in [3.05, 3.63) is 224 Å². The van der Waals surface area contributed by atoms with Gasteiger partial charge >= 0.3 is 0 Å². The van der Waals surface area contributed by atoms with Crippen molar-refractivity contribution in [2.75, 3.05) is 4.90 Å². The van der Waals surface area contributed by atoms with Gasteiger partial charge in [0.2, 0.25) is 0 Å². The molecule has 1 spiro atoms. The minimum atomic E-state index is 0.338. The lowest BCUT2D eigenvalue weighted by molar-refractivity contribution is -0.394. The number of fused-ring (bicyclic) bond motifs is 1. The van der Waals surface area contributed by atoms with Crippen molar-refractivity contribution in [3.63, 3.8) is 0 Å². The third kappa shape index (κ3) is 5.03. The third-order valence-corrected chi connectivity index (χ3v) is 15.9. The summed E-state index contributed by atoms with van der Waals surface area (Å²) in [5.74, 6) is 2.84. The zero-order chi connectivity index (χ0) is 40.8. The molecule has 0 heterocycles. The van der Waals surface area contributed by atoms with Crippen molar-refractivity contribution >= 4 is 27.8 Å². The molecule has 4 aliphatic rings.